The van der Waals surface area contributed by atoms with E-state index in [1.165, 1.54) is 0 Å². The van der Waals surface area contributed by atoms with E-state index < -0.39 is 0 Å². The second-order valence-electron chi connectivity index (χ2n) is 1.03. The van der Waals surface area contributed by atoms with E-state index in [9.17, 15) is 0 Å². The molecule has 0 nitrogen and oxygen atoms in total. The van der Waals surface area contributed by atoms with Gasteiger partial charge in [-0.2, -0.15) is 0 Å². The predicted molar refractivity (Wildman–Crippen MR) is 29.6 cm³/mol. The van der Waals surface area contributed by atoms with E-state index in [0.29, 0.717) is 0 Å². The third-order valence-electron chi connectivity index (χ3n) is 0.569. The molecule has 6 heavy (non-hydrogen) atoms. The molecule has 0 N–H and O–H groups in total. The quantitative estimate of drug-likeness (QED) is 0.408. The van der Waals surface area contributed by atoms with Crippen LogP contribution in [-0.2, 0) is 0 Å². The first-order valence-electron chi connectivity index (χ1n) is 1.70. The predicted octanol–water partition coefficient (Wildman–Crippen LogP) is 1.29. The zero-order chi connectivity index (χ0) is 4.41. The second kappa shape index (κ2) is 1.35. The molecule has 0 atom stereocenters. The van der Waals surface area contributed by atoms with Gasteiger partial charge in [0.05, 0.1) is 0 Å². The first-order valence-corrected chi connectivity index (χ1v) is 2.11. The van der Waals surface area contributed by atoms with Gasteiger partial charge in [0, 0.05) is 10.9 Å². The van der Waals surface area contributed by atoms with E-state index in [1.807, 2.05) is 18.2 Å². The summed E-state index contributed by atoms with van der Waals surface area (Å²) in [6.45, 7) is 0. The number of thiocarbonyl (C=S) groups is 1. The van der Waals surface area contributed by atoms with E-state index >= 15 is 0 Å². The molecule has 0 heterocycles. The number of allylic oxidation sites excluding steroid dienone is 4. The van der Waals surface area contributed by atoms with Crippen LogP contribution in [-0.4, -0.2) is 4.86 Å². The fraction of sp³-hybridized carbons (Fsp3) is 0. The highest BCUT2D eigenvalue weighted by atomic mass is 32.1. The maximum atomic E-state index is 4.69. The molecule has 1 aliphatic carbocycles. The molecule has 0 aliphatic heterocycles. The summed E-state index contributed by atoms with van der Waals surface area (Å²) in [4.78, 5) is 0.801. The zero-order valence-corrected chi connectivity index (χ0v) is 3.96. The highest BCUT2D eigenvalue weighted by Gasteiger charge is 1.84. The Morgan fingerprint density at radius 2 is 2.50 bits per heavy atom. The van der Waals surface area contributed by atoms with Crippen molar-refractivity contribution in [1.82, 2.24) is 0 Å². The normalized spacial score (nSPS) is 17.0. The molecule has 29 valence electrons. The molecule has 0 saturated heterocycles. The van der Waals surface area contributed by atoms with E-state index in [2.05, 4.69) is 18.3 Å². The van der Waals surface area contributed by atoms with E-state index in [0.717, 1.165) is 4.86 Å². The van der Waals surface area contributed by atoms with Gasteiger partial charge >= 0.3 is 0 Å². The Kier molecular flexibility index (Phi) is 0.843. The van der Waals surface area contributed by atoms with Crippen LogP contribution in [0.15, 0.2) is 18.2 Å². The average molecular weight is 95.1 g/mol. The summed E-state index contributed by atoms with van der Waals surface area (Å²) in [5.74, 6) is 0. The zero-order valence-electron chi connectivity index (χ0n) is 3.14. The van der Waals surface area contributed by atoms with Gasteiger partial charge in [-0.15, -0.1) is 0 Å². The SMILES string of the molecule is S=C1[C]=CC=C1. The van der Waals surface area contributed by atoms with Crippen molar-refractivity contribution in [2.45, 2.75) is 0 Å². The molecule has 0 saturated carbocycles. The highest BCUT2D eigenvalue weighted by Crippen LogP contribution is 1.91. The van der Waals surface area contributed by atoms with Crippen molar-refractivity contribution in [1.29, 1.82) is 0 Å². The lowest BCUT2D eigenvalue weighted by Gasteiger charge is -1.66. The molecule has 1 radical (unpaired) electrons. The Morgan fingerprint density at radius 3 is 2.67 bits per heavy atom. The van der Waals surface area contributed by atoms with Crippen molar-refractivity contribution in [3.05, 3.63) is 24.3 Å². The van der Waals surface area contributed by atoms with Gasteiger partial charge in [-0.25, -0.2) is 0 Å². The Hall–Kier alpha value is -0.430. The summed E-state index contributed by atoms with van der Waals surface area (Å²) in [6, 6.07) is 0. The molecular formula is C5H3S. The average Bonchev–Trinajstić information content (AvgIpc) is 1.86. The lowest BCUT2D eigenvalue weighted by atomic mass is 10.5. The molecule has 0 unspecified atom stereocenters. The molecule has 0 spiro atoms. The van der Waals surface area contributed by atoms with Gasteiger partial charge in [-0.05, 0) is 6.08 Å². The molecule has 0 bridgehead atoms. The van der Waals surface area contributed by atoms with E-state index in [4.69, 9.17) is 0 Å². The Morgan fingerprint density at radius 1 is 1.67 bits per heavy atom. The lowest BCUT2D eigenvalue weighted by molar-refractivity contribution is 2.10. The molecule has 0 fully saturated rings. The fourth-order valence-corrected chi connectivity index (χ4v) is 0.460. The lowest BCUT2D eigenvalue weighted by Crippen LogP contribution is -1.70. The van der Waals surface area contributed by atoms with Crippen molar-refractivity contribution in [2.24, 2.45) is 0 Å². The molecule has 1 aliphatic rings. The van der Waals surface area contributed by atoms with E-state index in [1.54, 1.807) is 0 Å². The summed E-state index contributed by atoms with van der Waals surface area (Å²) >= 11 is 4.69. The minimum Gasteiger partial charge on any atom is -0.0794 e. The summed E-state index contributed by atoms with van der Waals surface area (Å²) in [5.41, 5.74) is 0. The van der Waals surface area contributed by atoms with Crippen LogP contribution in [0.4, 0.5) is 0 Å². The van der Waals surface area contributed by atoms with Crippen LogP contribution >= 0.6 is 12.2 Å². The smallest absolute Gasteiger partial charge is 0.0456 e. The van der Waals surface area contributed by atoms with Crippen LogP contribution < -0.4 is 0 Å². The minimum absolute atomic E-state index is 0.801. The molecule has 1 rings (SSSR count). The number of hydrogen-bond donors (Lipinski definition) is 0. The van der Waals surface area contributed by atoms with Crippen LogP contribution in [0.25, 0.3) is 0 Å². The minimum atomic E-state index is 0.801. The van der Waals surface area contributed by atoms with Crippen molar-refractivity contribution in [3.63, 3.8) is 0 Å². The molecule has 1 heteroatoms. The first-order chi connectivity index (χ1) is 2.89. The van der Waals surface area contributed by atoms with Crippen LogP contribution in [0.3, 0.4) is 0 Å². The van der Waals surface area contributed by atoms with Gasteiger partial charge in [-0.3, -0.25) is 0 Å². The molecule has 0 aromatic rings. The Balaban J connectivity index is 2.86. The number of rotatable bonds is 0. The standard InChI is InChI=1S/C5H3S/c6-5-3-1-2-4-5/h1-3H. The van der Waals surface area contributed by atoms with Crippen LogP contribution in [0.2, 0.25) is 0 Å². The fourth-order valence-electron chi connectivity index (χ4n) is 0.314. The monoisotopic (exact) mass is 95.0 g/mol. The third kappa shape index (κ3) is 0.546. The maximum absolute atomic E-state index is 4.69. The van der Waals surface area contributed by atoms with Crippen LogP contribution in [0, 0.1) is 6.08 Å². The summed E-state index contributed by atoms with van der Waals surface area (Å²) in [6.07, 6.45) is 8.34. The largest absolute Gasteiger partial charge is 0.0794 e. The summed E-state index contributed by atoms with van der Waals surface area (Å²) in [5, 5.41) is 0. The molecule has 0 aromatic heterocycles. The van der Waals surface area contributed by atoms with E-state index in [-0.39, 0.29) is 0 Å². The van der Waals surface area contributed by atoms with Crippen LogP contribution in [0.1, 0.15) is 0 Å². The summed E-state index contributed by atoms with van der Waals surface area (Å²) < 4.78 is 0. The topological polar surface area (TPSA) is 0 Å². The maximum Gasteiger partial charge on any atom is 0.0456 e. The molecular weight excluding hydrogens is 92.1 g/mol. The first kappa shape index (κ1) is 3.75. The van der Waals surface area contributed by atoms with Gasteiger partial charge in [0.25, 0.3) is 0 Å². The van der Waals surface area contributed by atoms with Crippen molar-refractivity contribution in [2.75, 3.05) is 0 Å². The van der Waals surface area contributed by atoms with Crippen LogP contribution in [0.5, 0.6) is 0 Å². The molecule has 0 aromatic carbocycles. The van der Waals surface area contributed by atoms with Gasteiger partial charge < -0.3 is 0 Å². The Bertz CT molecular complexity index is 106. The third-order valence-corrected chi connectivity index (χ3v) is 0.823. The Labute approximate surface area is 42.2 Å². The second-order valence-corrected chi connectivity index (χ2v) is 1.47. The van der Waals surface area contributed by atoms with Crippen molar-refractivity contribution >= 4 is 17.1 Å². The highest BCUT2D eigenvalue weighted by molar-refractivity contribution is 7.81. The van der Waals surface area contributed by atoms with Gasteiger partial charge in [0.1, 0.15) is 0 Å². The van der Waals surface area contributed by atoms with Gasteiger partial charge in [-0.1, -0.05) is 24.4 Å². The van der Waals surface area contributed by atoms with Crippen molar-refractivity contribution in [3.8, 4) is 0 Å². The van der Waals surface area contributed by atoms with Crippen molar-refractivity contribution < 1.29 is 0 Å². The molecule has 0 amide bonds. The van der Waals surface area contributed by atoms with Gasteiger partial charge in [0.2, 0.25) is 0 Å². The van der Waals surface area contributed by atoms with Gasteiger partial charge in [0.15, 0.2) is 0 Å². The number of hydrogen-bond acceptors (Lipinski definition) is 1. The summed E-state index contributed by atoms with van der Waals surface area (Å²) in [7, 11) is 0.